The lowest BCUT2D eigenvalue weighted by molar-refractivity contribution is -0.139. The quantitative estimate of drug-likeness (QED) is 0.866. The largest absolute Gasteiger partial charge is 0.480 e. The van der Waals surface area contributed by atoms with Gasteiger partial charge in [-0.3, -0.25) is 4.79 Å². The number of halogens is 1. The number of hydrogen-bond donors (Lipinski definition) is 2. The van der Waals surface area contributed by atoms with Crippen molar-refractivity contribution in [1.82, 2.24) is 0 Å². The van der Waals surface area contributed by atoms with E-state index in [-0.39, 0.29) is 0 Å². The van der Waals surface area contributed by atoms with E-state index in [1.165, 1.54) is 11.8 Å². The van der Waals surface area contributed by atoms with Gasteiger partial charge in [-0.1, -0.05) is 23.7 Å². The molecule has 3 nitrogen and oxygen atoms in total. The number of aliphatic carboxylic acids is 1. The zero-order chi connectivity index (χ0) is 13.1. The molecule has 17 heavy (non-hydrogen) atoms. The van der Waals surface area contributed by atoms with Crippen molar-refractivity contribution in [3.63, 3.8) is 0 Å². The summed E-state index contributed by atoms with van der Waals surface area (Å²) in [5.41, 5.74) is 6.74. The van der Waals surface area contributed by atoms with Gasteiger partial charge in [-0.2, -0.15) is 0 Å². The molecule has 5 heteroatoms. The van der Waals surface area contributed by atoms with Gasteiger partial charge in [0.2, 0.25) is 0 Å². The molecule has 94 valence electrons. The molecule has 0 aliphatic carbocycles. The second-order valence-corrected chi connectivity index (χ2v) is 6.40. The summed E-state index contributed by atoms with van der Waals surface area (Å²) in [4.78, 5) is 10.8. The normalized spacial score (nSPS) is 13.4. The summed E-state index contributed by atoms with van der Waals surface area (Å²) in [7, 11) is 0. The van der Waals surface area contributed by atoms with E-state index in [4.69, 9.17) is 22.4 Å². The molecule has 0 fully saturated rings. The zero-order valence-electron chi connectivity index (χ0n) is 9.81. The highest BCUT2D eigenvalue weighted by Gasteiger charge is 2.32. The van der Waals surface area contributed by atoms with Gasteiger partial charge in [0.25, 0.3) is 0 Å². The summed E-state index contributed by atoms with van der Waals surface area (Å²) in [6.07, 6.45) is 0. The Bertz CT molecular complexity index is 392. The minimum atomic E-state index is -0.974. The Morgan fingerprint density at radius 2 is 2.00 bits per heavy atom. The van der Waals surface area contributed by atoms with Gasteiger partial charge >= 0.3 is 5.97 Å². The molecule has 0 spiro atoms. The van der Waals surface area contributed by atoms with Crippen molar-refractivity contribution < 1.29 is 9.90 Å². The fourth-order valence-electron chi connectivity index (χ4n) is 1.24. The third-order valence-electron chi connectivity index (χ3n) is 2.54. The predicted molar refractivity (Wildman–Crippen MR) is 72.4 cm³/mol. The van der Waals surface area contributed by atoms with Gasteiger partial charge in [0.15, 0.2) is 0 Å². The van der Waals surface area contributed by atoms with Gasteiger partial charge in [0, 0.05) is 15.5 Å². The third kappa shape index (κ3) is 4.22. The zero-order valence-corrected chi connectivity index (χ0v) is 11.4. The van der Waals surface area contributed by atoms with Crippen molar-refractivity contribution in [2.75, 3.05) is 0 Å². The molecule has 1 aromatic rings. The highest BCUT2D eigenvalue weighted by molar-refractivity contribution is 7.99. The molecule has 1 atom stereocenters. The molecule has 0 aliphatic heterocycles. The van der Waals surface area contributed by atoms with E-state index in [1.54, 1.807) is 0 Å². The number of hydrogen-bond acceptors (Lipinski definition) is 3. The van der Waals surface area contributed by atoms with Crippen LogP contribution in [0.2, 0.25) is 5.02 Å². The van der Waals surface area contributed by atoms with Crippen LogP contribution in [0.15, 0.2) is 24.3 Å². The van der Waals surface area contributed by atoms with E-state index < -0.39 is 16.8 Å². The van der Waals surface area contributed by atoms with Crippen LogP contribution < -0.4 is 5.73 Å². The van der Waals surface area contributed by atoms with Crippen LogP contribution in [0.5, 0.6) is 0 Å². The lowest BCUT2D eigenvalue weighted by atomic mass is 10.1. The molecule has 1 rings (SSSR count). The molecule has 3 N–H and O–H groups in total. The lowest BCUT2D eigenvalue weighted by Gasteiger charge is -2.28. The summed E-state index contributed by atoms with van der Waals surface area (Å²) in [5.74, 6) is -0.260. The number of benzene rings is 1. The number of nitrogens with two attached hydrogens (primary N) is 1. The molecular formula is C12H16ClNO2S. The molecule has 0 heterocycles. The van der Waals surface area contributed by atoms with E-state index in [1.807, 2.05) is 38.1 Å². The molecule has 0 unspecified atom stereocenters. The average Bonchev–Trinajstić information content (AvgIpc) is 2.27. The Morgan fingerprint density at radius 1 is 1.47 bits per heavy atom. The van der Waals surface area contributed by atoms with Crippen LogP contribution >= 0.6 is 23.4 Å². The second kappa shape index (κ2) is 5.76. The van der Waals surface area contributed by atoms with E-state index >= 15 is 0 Å². The van der Waals surface area contributed by atoms with Crippen LogP contribution in [0, 0.1) is 0 Å². The Morgan fingerprint density at radius 3 is 2.47 bits per heavy atom. The standard InChI is InChI=1S/C12H16ClNO2S/c1-12(2,10(14)11(15)16)17-7-8-3-5-9(13)6-4-8/h3-6,10H,7,14H2,1-2H3,(H,15,16)/t10-/m1/s1. The third-order valence-corrected chi connectivity index (χ3v) is 4.27. The van der Waals surface area contributed by atoms with Crippen LogP contribution in [-0.2, 0) is 10.5 Å². The number of rotatable bonds is 5. The van der Waals surface area contributed by atoms with Crippen molar-refractivity contribution in [1.29, 1.82) is 0 Å². The van der Waals surface area contributed by atoms with Gasteiger partial charge in [-0.25, -0.2) is 0 Å². The van der Waals surface area contributed by atoms with Crippen molar-refractivity contribution in [2.24, 2.45) is 5.73 Å². The van der Waals surface area contributed by atoms with E-state index in [2.05, 4.69) is 0 Å². The van der Waals surface area contributed by atoms with E-state index in [0.717, 1.165) is 5.56 Å². The smallest absolute Gasteiger partial charge is 0.321 e. The summed E-state index contributed by atoms with van der Waals surface area (Å²) in [6, 6.07) is 6.62. The molecular weight excluding hydrogens is 258 g/mol. The van der Waals surface area contributed by atoms with Gasteiger partial charge in [-0.15, -0.1) is 11.8 Å². The first-order chi connectivity index (χ1) is 7.83. The molecule has 0 saturated heterocycles. The maximum absolute atomic E-state index is 10.8. The average molecular weight is 274 g/mol. The first-order valence-electron chi connectivity index (χ1n) is 5.20. The van der Waals surface area contributed by atoms with Gasteiger partial charge in [-0.05, 0) is 31.5 Å². The fourth-order valence-corrected chi connectivity index (χ4v) is 2.37. The Balaban J connectivity index is 2.60. The molecule has 1 aromatic carbocycles. The Kier molecular flexibility index (Phi) is 4.86. The first kappa shape index (κ1) is 14.4. The van der Waals surface area contributed by atoms with Crippen molar-refractivity contribution in [3.05, 3.63) is 34.9 Å². The van der Waals surface area contributed by atoms with Crippen LogP contribution in [0.3, 0.4) is 0 Å². The molecule has 0 amide bonds. The minimum Gasteiger partial charge on any atom is -0.480 e. The van der Waals surface area contributed by atoms with E-state index in [9.17, 15) is 4.79 Å². The van der Waals surface area contributed by atoms with Crippen molar-refractivity contribution in [2.45, 2.75) is 30.4 Å². The Labute approximate surface area is 110 Å². The molecule has 0 aliphatic rings. The van der Waals surface area contributed by atoms with Crippen LogP contribution in [0.4, 0.5) is 0 Å². The summed E-state index contributed by atoms with van der Waals surface area (Å²) >= 11 is 7.31. The Hall–Kier alpha value is -0.710. The monoisotopic (exact) mass is 273 g/mol. The maximum Gasteiger partial charge on any atom is 0.321 e. The number of carbonyl (C=O) groups is 1. The SMILES string of the molecule is CC(C)(SCc1ccc(Cl)cc1)[C@H](N)C(=O)O. The number of carboxylic acid groups (broad SMARTS) is 1. The van der Waals surface area contributed by atoms with Crippen LogP contribution in [0.1, 0.15) is 19.4 Å². The molecule has 0 aromatic heterocycles. The first-order valence-corrected chi connectivity index (χ1v) is 6.56. The van der Waals surface area contributed by atoms with E-state index in [0.29, 0.717) is 10.8 Å². The summed E-state index contributed by atoms with van der Waals surface area (Å²) in [5, 5.41) is 9.59. The minimum absolute atomic E-state index is 0.508. The fraction of sp³-hybridized carbons (Fsp3) is 0.417. The maximum atomic E-state index is 10.8. The molecule has 0 radical (unpaired) electrons. The topological polar surface area (TPSA) is 63.3 Å². The molecule has 0 bridgehead atoms. The van der Waals surface area contributed by atoms with Gasteiger partial charge in [0.1, 0.15) is 6.04 Å². The van der Waals surface area contributed by atoms with Crippen molar-refractivity contribution in [3.8, 4) is 0 Å². The van der Waals surface area contributed by atoms with Gasteiger partial charge < -0.3 is 10.8 Å². The van der Waals surface area contributed by atoms with Crippen LogP contribution in [-0.4, -0.2) is 21.9 Å². The summed E-state index contributed by atoms with van der Waals surface area (Å²) in [6.45, 7) is 3.68. The number of thioether (sulfide) groups is 1. The highest BCUT2D eigenvalue weighted by atomic mass is 35.5. The number of carboxylic acids is 1. The lowest BCUT2D eigenvalue weighted by Crippen LogP contribution is -2.46. The molecule has 0 saturated carbocycles. The van der Waals surface area contributed by atoms with Crippen molar-refractivity contribution >= 4 is 29.3 Å². The highest BCUT2D eigenvalue weighted by Crippen LogP contribution is 2.30. The predicted octanol–water partition coefficient (Wildman–Crippen LogP) is 2.76. The van der Waals surface area contributed by atoms with Gasteiger partial charge in [0.05, 0.1) is 0 Å². The summed E-state index contributed by atoms with van der Waals surface area (Å²) < 4.78 is -0.508. The van der Waals surface area contributed by atoms with Crippen LogP contribution in [0.25, 0.3) is 0 Å². The second-order valence-electron chi connectivity index (χ2n) is 4.33.